The Morgan fingerprint density at radius 2 is 2.35 bits per heavy atom. The van der Waals surface area contributed by atoms with Crippen molar-refractivity contribution in [2.45, 2.75) is 32.2 Å². The van der Waals surface area contributed by atoms with Gasteiger partial charge in [-0.05, 0) is 23.9 Å². The van der Waals surface area contributed by atoms with Crippen LogP contribution in [0.2, 0.25) is 0 Å². The third-order valence-electron chi connectivity index (χ3n) is 3.13. The molecule has 3 aromatic heterocycles. The number of rotatable bonds is 5. The van der Waals surface area contributed by atoms with E-state index in [1.54, 1.807) is 17.5 Å². The molecule has 104 valence electrons. The average molecular weight is 288 g/mol. The summed E-state index contributed by atoms with van der Waals surface area (Å²) >= 11 is 1.65. The fraction of sp³-hybridized carbons (Fsp3) is 0.357. The molecule has 0 bridgehead atoms. The molecule has 3 aromatic rings. The standard InChI is InChI=1S/C14H16N4OS/c1-2-3-10(15)7-13-17-14(18-19-13)9-6-12-11(16-8-9)4-5-20-12/h4-6,8,10H,2-3,7,15H2,1H3. The third kappa shape index (κ3) is 2.71. The maximum absolute atomic E-state index is 5.99. The van der Waals surface area contributed by atoms with E-state index in [2.05, 4.69) is 22.0 Å². The quantitative estimate of drug-likeness (QED) is 0.780. The molecule has 0 aliphatic rings. The lowest BCUT2D eigenvalue weighted by molar-refractivity contribution is 0.366. The van der Waals surface area contributed by atoms with E-state index < -0.39 is 0 Å². The van der Waals surface area contributed by atoms with Gasteiger partial charge in [-0.3, -0.25) is 4.98 Å². The molecule has 20 heavy (non-hydrogen) atoms. The molecular formula is C14H16N4OS. The first-order valence-corrected chi connectivity index (χ1v) is 7.56. The van der Waals surface area contributed by atoms with Gasteiger partial charge in [0, 0.05) is 24.2 Å². The normalized spacial score (nSPS) is 12.9. The average Bonchev–Trinajstić information content (AvgIpc) is 3.06. The molecule has 1 unspecified atom stereocenters. The Hall–Kier alpha value is -1.79. The van der Waals surface area contributed by atoms with Crippen molar-refractivity contribution in [1.29, 1.82) is 0 Å². The molecule has 2 N–H and O–H groups in total. The predicted octanol–water partition coefficient (Wildman–Crippen LogP) is 3.02. The second kappa shape index (κ2) is 5.68. The molecule has 3 rings (SSSR count). The van der Waals surface area contributed by atoms with Gasteiger partial charge in [0.1, 0.15) is 0 Å². The van der Waals surface area contributed by atoms with Crippen molar-refractivity contribution in [1.82, 2.24) is 15.1 Å². The minimum Gasteiger partial charge on any atom is -0.339 e. The van der Waals surface area contributed by atoms with Crippen molar-refractivity contribution in [2.24, 2.45) is 5.73 Å². The number of pyridine rings is 1. The van der Waals surface area contributed by atoms with E-state index in [1.165, 1.54) is 0 Å². The van der Waals surface area contributed by atoms with Crippen molar-refractivity contribution >= 4 is 21.6 Å². The minimum absolute atomic E-state index is 0.0752. The zero-order valence-corrected chi connectivity index (χ0v) is 12.1. The maximum atomic E-state index is 5.99. The Morgan fingerprint density at radius 1 is 1.45 bits per heavy atom. The topological polar surface area (TPSA) is 77.8 Å². The third-order valence-corrected chi connectivity index (χ3v) is 3.98. The molecule has 5 nitrogen and oxygen atoms in total. The first-order valence-electron chi connectivity index (χ1n) is 6.68. The SMILES string of the molecule is CCCC(N)Cc1nc(-c2cnc3ccsc3c2)no1. The smallest absolute Gasteiger partial charge is 0.228 e. The van der Waals surface area contributed by atoms with Gasteiger partial charge in [-0.2, -0.15) is 4.98 Å². The highest BCUT2D eigenvalue weighted by molar-refractivity contribution is 7.17. The van der Waals surface area contributed by atoms with Gasteiger partial charge in [-0.1, -0.05) is 18.5 Å². The van der Waals surface area contributed by atoms with E-state index in [9.17, 15) is 0 Å². The molecule has 0 amide bonds. The Labute approximate surface area is 120 Å². The van der Waals surface area contributed by atoms with Crippen LogP contribution in [0.25, 0.3) is 21.6 Å². The van der Waals surface area contributed by atoms with Gasteiger partial charge >= 0.3 is 0 Å². The highest BCUT2D eigenvalue weighted by atomic mass is 32.1. The van der Waals surface area contributed by atoms with Crippen molar-refractivity contribution < 1.29 is 4.52 Å². The van der Waals surface area contributed by atoms with Crippen LogP contribution < -0.4 is 5.73 Å². The summed E-state index contributed by atoms with van der Waals surface area (Å²) in [5.41, 5.74) is 7.85. The Kier molecular flexibility index (Phi) is 3.75. The van der Waals surface area contributed by atoms with Crippen molar-refractivity contribution in [3.8, 4) is 11.4 Å². The summed E-state index contributed by atoms with van der Waals surface area (Å²) in [7, 11) is 0. The van der Waals surface area contributed by atoms with E-state index in [4.69, 9.17) is 10.3 Å². The van der Waals surface area contributed by atoms with Crippen LogP contribution >= 0.6 is 11.3 Å². The van der Waals surface area contributed by atoms with Gasteiger partial charge in [0.2, 0.25) is 11.7 Å². The van der Waals surface area contributed by atoms with Crippen LogP contribution in [0.1, 0.15) is 25.7 Å². The highest BCUT2D eigenvalue weighted by Crippen LogP contribution is 2.24. The van der Waals surface area contributed by atoms with Crippen LogP contribution in [0.5, 0.6) is 0 Å². The Balaban J connectivity index is 1.81. The zero-order chi connectivity index (χ0) is 13.9. The molecule has 0 aliphatic heterocycles. The van der Waals surface area contributed by atoms with Gasteiger partial charge in [-0.25, -0.2) is 0 Å². The van der Waals surface area contributed by atoms with Gasteiger partial charge in [0.05, 0.1) is 10.2 Å². The van der Waals surface area contributed by atoms with E-state index in [0.29, 0.717) is 18.1 Å². The molecule has 6 heteroatoms. The van der Waals surface area contributed by atoms with Crippen LogP contribution in [0.15, 0.2) is 28.2 Å². The van der Waals surface area contributed by atoms with Crippen molar-refractivity contribution in [3.05, 3.63) is 29.6 Å². The number of nitrogens with zero attached hydrogens (tertiary/aromatic N) is 3. The number of thiophene rings is 1. The monoisotopic (exact) mass is 288 g/mol. The second-order valence-corrected chi connectivity index (χ2v) is 5.74. The fourth-order valence-electron chi connectivity index (χ4n) is 2.12. The lowest BCUT2D eigenvalue weighted by Gasteiger charge is -2.05. The van der Waals surface area contributed by atoms with Gasteiger partial charge in [0.15, 0.2) is 0 Å². The van der Waals surface area contributed by atoms with Crippen LogP contribution in [0.3, 0.4) is 0 Å². The molecule has 0 saturated heterocycles. The van der Waals surface area contributed by atoms with Crippen LogP contribution in [-0.4, -0.2) is 21.2 Å². The van der Waals surface area contributed by atoms with Crippen LogP contribution in [-0.2, 0) is 6.42 Å². The largest absolute Gasteiger partial charge is 0.339 e. The van der Waals surface area contributed by atoms with E-state index in [0.717, 1.165) is 28.6 Å². The first-order chi connectivity index (χ1) is 9.76. The fourth-order valence-corrected chi connectivity index (χ4v) is 2.90. The van der Waals surface area contributed by atoms with E-state index in [-0.39, 0.29) is 6.04 Å². The minimum atomic E-state index is 0.0752. The molecule has 0 fully saturated rings. The maximum Gasteiger partial charge on any atom is 0.228 e. The number of nitrogens with two attached hydrogens (primary N) is 1. The molecule has 3 heterocycles. The number of hydrogen-bond donors (Lipinski definition) is 1. The molecule has 0 aliphatic carbocycles. The summed E-state index contributed by atoms with van der Waals surface area (Å²) in [5.74, 6) is 1.17. The molecule has 1 atom stereocenters. The van der Waals surface area contributed by atoms with Crippen molar-refractivity contribution in [2.75, 3.05) is 0 Å². The molecule has 0 spiro atoms. The summed E-state index contributed by atoms with van der Waals surface area (Å²) in [6.07, 6.45) is 4.41. The van der Waals surface area contributed by atoms with Gasteiger partial charge in [-0.15, -0.1) is 11.3 Å². The summed E-state index contributed by atoms with van der Waals surface area (Å²) < 4.78 is 6.39. The number of fused-ring (bicyclic) bond motifs is 1. The predicted molar refractivity (Wildman–Crippen MR) is 79.5 cm³/mol. The van der Waals surface area contributed by atoms with E-state index >= 15 is 0 Å². The summed E-state index contributed by atoms with van der Waals surface area (Å²) in [6.45, 7) is 2.11. The summed E-state index contributed by atoms with van der Waals surface area (Å²) in [5, 5.41) is 6.03. The molecular weight excluding hydrogens is 272 g/mol. The number of aromatic nitrogens is 3. The molecule has 0 saturated carbocycles. The molecule has 0 radical (unpaired) electrons. The summed E-state index contributed by atoms with van der Waals surface area (Å²) in [4.78, 5) is 8.78. The lowest BCUT2D eigenvalue weighted by Crippen LogP contribution is -2.22. The second-order valence-electron chi connectivity index (χ2n) is 4.79. The Bertz CT molecular complexity index is 706. The van der Waals surface area contributed by atoms with Crippen LogP contribution in [0, 0.1) is 0 Å². The highest BCUT2D eigenvalue weighted by Gasteiger charge is 2.12. The number of hydrogen-bond acceptors (Lipinski definition) is 6. The van der Waals surface area contributed by atoms with Gasteiger partial charge in [0.25, 0.3) is 0 Å². The Morgan fingerprint density at radius 3 is 3.20 bits per heavy atom. The van der Waals surface area contributed by atoms with E-state index in [1.807, 2.05) is 17.5 Å². The van der Waals surface area contributed by atoms with Crippen molar-refractivity contribution in [3.63, 3.8) is 0 Å². The van der Waals surface area contributed by atoms with Crippen LogP contribution in [0.4, 0.5) is 0 Å². The first kappa shape index (κ1) is 13.2. The summed E-state index contributed by atoms with van der Waals surface area (Å²) in [6, 6.07) is 4.11. The lowest BCUT2D eigenvalue weighted by atomic mass is 10.1. The zero-order valence-electron chi connectivity index (χ0n) is 11.2. The van der Waals surface area contributed by atoms with Gasteiger partial charge < -0.3 is 10.3 Å². The molecule has 0 aromatic carbocycles.